The fourth-order valence-corrected chi connectivity index (χ4v) is 7.05. The average Bonchev–Trinajstić information content (AvgIpc) is 2.99. The molecule has 1 fully saturated rings. The lowest BCUT2D eigenvalue weighted by atomic mass is 9.76. The predicted molar refractivity (Wildman–Crippen MR) is 163 cm³/mol. The first-order valence-electron chi connectivity index (χ1n) is 14.2. The number of halogens is 1. The van der Waals surface area contributed by atoms with Crippen LogP contribution < -0.4 is 14.8 Å². The van der Waals surface area contributed by atoms with Crippen LogP contribution in [0.1, 0.15) is 64.8 Å². The first-order chi connectivity index (χ1) is 21.0. The van der Waals surface area contributed by atoms with E-state index < -0.39 is 46.6 Å². The molecule has 44 heavy (non-hydrogen) atoms. The summed E-state index contributed by atoms with van der Waals surface area (Å²) < 4.78 is 32.6. The molecule has 232 valence electrons. The summed E-state index contributed by atoms with van der Waals surface area (Å²) >= 11 is 6.22. The van der Waals surface area contributed by atoms with Gasteiger partial charge in [0.15, 0.2) is 6.61 Å². The molecule has 5 rings (SSSR count). The molecule has 2 heterocycles. The van der Waals surface area contributed by atoms with Gasteiger partial charge in [-0.05, 0) is 54.3 Å². The van der Waals surface area contributed by atoms with Gasteiger partial charge in [-0.1, -0.05) is 54.8 Å². The summed E-state index contributed by atoms with van der Waals surface area (Å²) in [7, 11) is -3.57. The third-order valence-corrected chi connectivity index (χ3v) is 8.91. The van der Waals surface area contributed by atoms with Gasteiger partial charge < -0.3 is 20.1 Å². The zero-order chi connectivity index (χ0) is 31.4. The van der Waals surface area contributed by atoms with E-state index in [9.17, 15) is 22.8 Å². The largest absolute Gasteiger partial charge is 0.480 e. The summed E-state index contributed by atoms with van der Waals surface area (Å²) in [4.78, 5) is 45.2. The molecular weight excluding hydrogens is 608 g/mol. The van der Waals surface area contributed by atoms with Crippen LogP contribution in [0.25, 0.3) is 0 Å². The Kier molecular flexibility index (Phi) is 9.52. The second-order valence-electron chi connectivity index (χ2n) is 11.0. The number of carbonyl (C=O) groups excluding carboxylic acids is 2. The number of aliphatic carboxylic acids is 1. The number of benzene rings is 2. The SMILES string of the molecule is CS(=O)(=O)N[C@H]1CCCC[C@@H]1N1C(=O)c2ccccc2[C@@H](C(=O)NCc2ccc(OCC(=O)O)cn2)[C@@H]1c1ccc(Cl)cc1. The summed E-state index contributed by atoms with van der Waals surface area (Å²) in [6.45, 7) is -0.429. The minimum atomic E-state index is -3.57. The quantitative estimate of drug-likeness (QED) is 0.303. The molecule has 11 nitrogen and oxygen atoms in total. The molecule has 3 N–H and O–H groups in total. The van der Waals surface area contributed by atoms with Gasteiger partial charge in [0.05, 0.1) is 36.7 Å². The highest BCUT2D eigenvalue weighted by atomic mass is 35.5. The molecule has 1 aliphatic heterocycles. The molecule has 0 spiro atoms. The van der Waals surface area contributed by atoms with Crippen LogP contribution in [0.4, 0.5) is 0 Å². The first-order valence-corrected chi connectivity index (χ1v) is 16.5. The van der Waals surface area contributed by atoms with E-state index in [0.29, 0.717) is 40.2 Å². The molecule has 0 radical (unpaired) electrons. The standard InChI is InChI=1S/C31H33ClN4O7S/c1-44(41,42)35-25-8-4-5-9-26(25)36-29(19-10-12-20(32)13-11-19)28(23-6-2-3-7-24(23)31(36)40)30(39)34-16-21-14-15-22(17-33-21)43-18-27(37)38/h2-3,6-7,10-15,17,25-26,28-29,35H,4-5,8-9,16,18H2,1H3,(H,34,39)(H,37,38)/t25-,26-,28+,29-/m0/s1. The van der Waals surface area contributed by atoms with Gasteiger partial charge in [0, 0.05) is 22.7 Å². The van der Waals surface area contributed by atoms with Gasteiger partial charge in [0.25, 0.3) is 5.91 Å². The molecule has 4 atom stereocenters. The highest BCUT2D eigenvalue weighted by Gasteiger charge is 2.48. The Morgan fingerprint density at radius 3 is 2.48 bits per heavy atom. The van der Waals surface area contributed by atoms with Crippen molar-refractivity contribution in [3.63, 3.8) is 0 Å². The maximum absolute atomic E-state index is 14.3. The molecule has 2 amide bonds. The number of carbonyl (C=O) groups is 3. The van der Waals surface area contributed by atoms with E-state index in [1.54, 1.807) is 65.6 Å². The molecular formula is C31H33ClN4O7S. The summed E-state index contributed by atoms with van der Waals surface area (Å²) in [6, 6.07) is 15.4. The van der Waals surface area contributed by atoms with E-state index >= 15 is 0 Å². The number of rotatable bonds is 10. The van der Waals surface area contributed by atoms with Crippen LogP contribution >= 0.6 is 11.6 Å². The van der Waals surface area contributed by atoms with Crippen molar-refractivity contribution in [2.45, 2.75) is 56.3 Å². The third-order valence-electron chi connectivity index (χ3n) is 7.93. The van der Waals surface area contributed by atoms with Crippen molar-refractivity contribution < 1.29 is 32.6 Å². The van der Waals surface area contributed by atoms with Crippen molar-refractivity contribution in [2.24, 2.45) is 0 Å². The number of fused-ring (bicyclic) bond motifs is 1. The number of nitrogens with zero attached hydrogens (tertiary/aromatic N) is 2. The van der Waals surface area contributed by atoms with Crippen molar-refractivity contribution >= 4 is 39.4 Å². The molecule has 3 aromatic rings. The maximum Gasteiger partial charge on any atom is 0.341 e. The van der Waals surface area contributed by atoms with E-state index in [-0.39, 0.29) is 24.1 Å². The van der Waals surface area contributed by atoms with Crippen LogP contribution in [0.2, 0.25) is 5.02 Å². The minimum Gasteiger partial charge on any atom is -0.480 e. The number of pyridine rings is 1. The average molecular weight is 641 g/mol. The van der Waals surface area contributed by atoms with Gasteiger partial charge in [0.2, 0.25) is 15.9 Å². The Bertz CT molecular complexity index is 1630. The number of ether oxygens (including phenoxy) is 1. The second-order valence-corrected chi connectivity index (χ2v) is 13.2. The number of aromatic nitrogens is 1. The zero-order valence-electron chi connectivity index (χ0n) is 24.0. The van der Waals surface area contributed by atoms with Gasteiger partial charge in [-0.15, -0.1) is 0 Å². The molecule has 0 unspecified atom stereocenters. The fourth-order valence-electron chi connectivity index (χ4n) is 6.10. The minimum absolute atomic E-state index is 0.0691. The summed E-state index contributed by atoms with van der Waals surface area (Å²) in [6.07, 6.45) is 5.24. The Hall–Kier alpha value is -4.00. The van der Waals surface area contributed by atoms with Crippen molar-refractivity contribution in [3.8, 4) is 5.75 Å². The van der Waals surface area contributed by atoms with Gasteiger partial charge in [0.1, 0.15) is 5.75 Å². The smallest absolute Gasteiger partial charge is 0.341 e. The summed E-state index contributed by atoms with van der Waals surface area (Å²) in [5, 5.41) is 12.3. The highest BCUT2D eigenvalue weighted by molar-refractivity contribution is 7.88. The van der Waals surface area contributed by atoms with Crippen LogP contribution in [-0.4, -0.2) is 66.1 Å². The monoisotopic (exact) mass is 640 g/mol. The van der Waals surface area contributed by atoms with Gasteiger partial charge in [-0.3, -0.25) is 14.6 Å². The molecule has 0 saturated heterocycles. The van der Waals surface area contributed by atoms with Crippen LogP contribution in [-0.2, 0) is 26.2 Å². The summed E-state index contributed by atoms with van der Waals surface area (Å²) in [5.41, 5.74) is 2.17. The van der Waals surface area contributed by atoms with Crippen molar-refractivity contribution in [1.29, 1.82) is 0 Å². The van der Waals surface area contributed by atoms with Gasteiger partial charge in [-0.25, -0.2) is 17.9 Å². The van der Waals surface area contributed by atoms with Gasteiger partial charge in [-0.2, -0.15) is 0 Å². The number of hydrogen-bond acceptors (Lipinski definition) is 7. The number of sulfonamides is 1. The third kappa shape index (κ3) is 7.20. The van der Waals surface area contributed by atoms with Crippen LogP contribution in [0.3, 0.4) is 0 Å². The Balaban J connectivity index is 1.52. The lowest BCUT2D eigenvalue weighted by Crippen LogP contribution is -2.59. The number of nitrogens with one attached hydrogen (secondary N) is 2. The fraction of sp³-hybridized carbons (Fsp3) is 0.355. The van der Waals surface area contributed by atoms with E-state index in [0.717, 1.165) is 19.1 Å². The number of hydrogen-bond donors (Lipinski definition) is 3. The highest BCUT2D eigenvalue weighted by Crippen LogP contribution is 2.46. The Labute approximate surface area is 260 Å². The summed E-state index contributed by atoms with van der Waals surface area (Å²) in [5.74, 6) is -2.26. The molecule has 2 aromatic carbocycles. The number of carboxylic acid groups (broad SMARTS) is 1. The van der Waals surface area contributed by atoms with Crippen LogP contribution in [0.5, 0.6) is 5.75 Å². The Morgan fingerprint density at radius 1 is 1.07 bits per heavy atom. The molecule has 1 aromatic heterocycles. The topological polar surface area (TPSA) is 155 Å². The lowest BCUT2D eigenvalue weighted by Gasteiger charge is -2.49. The molecule has 0 bridgehead atoms. The molecule has 1 aliphatic carbocycles. The number of carboxylic acids is 1. The van der Waals surface area contributed by atoms with E-state index in [4.69, 9.17) is 21.4 Å². The lowest BCUT2D eigenvalue weighted by molar-refractivity contribution is -0.139. The number of amides is 2. The maximum atomic E-state index is 14.3. The van der Waals surface area contributed by atoms with Crippen molar-refractivity contribution in [3.05, 3.63) is 94.3 Å². The van der Waals surface area contributed by atoms with E-state index in [1.807, 2.05) is 0 Å². The molecule has 2 aliphatic rings. The predicted octanol–water partition coefficient (Wildman–Crippen LogP) is 3.66. The molecule has 1 saturated carbocycles. The van der Waals surface area contributed by atoms with Crippen LogP contribution in [0, 0.1) is 0 Å². The van der Waals surface area contributed by atoms with E-state index in [1.165, 1.54) is 6.20 Å². The van der Waals surface area contributed by atoms with Crippen molar-refractivity contribution in [2.75, 3.05) is 12.9 Å². The molecule has 13 heteroatoms. The normalized spacial score (nSPS) is 21.8. The first kappa shape index (κ1) is 31.4. The van der Waals surface area contributed by atoms with E-state index in [2.05, 4.69) is 15.0 Å². The Morgan fingerprint density at radius 2 is 1.80 bits per heavy atom. The van der Waals surface area contributed by atoms with Crippen LogP contribution in [0.15, 0.2) is 66.9 Å². The van der Waals surface area contributed by atoms with Crippen molar-refractivity contribution in [1.82, 2.24) is 19.9 Å². The zero-order valence-corrected chi connectivity index (χ0v) is 25.6. The second kappa shape index (κ2) is 13.3. The van der Waals surface area contributed by atoms with Gasteiger partial charge >= 0.3 is 5.97 Å².